The zero-order chi connectivity index (χ0) is 18.1. The van der Waals surface area contributed by atoms with Crippen LogP contribution in [0.25, 0.3) is 11.4 Å². The van der Waals surface area contributed by atoms with Crippen LogP contribution in [0.1, 0.15) is 10.9 Å². The molecule has 3 heterocycles. The van der Waals surface area contributed by atoms with E-state index in [1.54, 1.807) is 45.5 Å². The minimum Gasteiger partial charge on any atom is -0.493 e. The first-order chi connectivity index (χ1) is 12.7. The second kappa shape index (κ2) is 6.75. The zero-order valence-electron chi connectivity index (χ0n) is 14.5. The lowest BCUT2D eigenvalue weighted by Crippen LogP contribution is -2.14. The summed E-state index contributed by atoms with van der Waals surface area (Å²) in [6.45, 7) is 0. The van der Waals surface area contributed by atoms with Gasteiger partial charge in [-0.25, -0.2) is 4.68 Å². The number of hydrogen-bond acceptors (Lipinski definition) is 8. The van der Waals surface area contributed by atoms with E-state index in [2.05, 4.69) is 20.6 Å². The average Bonchev–Trinajstić information content (AvgIpc) is 3.28. The van der Waals surface area contributed by atoms with Crippen molar-refractivity contribution in [3.63, 3.8) is 0 Å². The number of pyridine rings is 1. The number of rotatable bonds is 5. The van der Waals surface area contributed by atoms with Crippen LogP contribution < -0.4 is 19.6 Å². The summed E-state index contributed by atoms with van der Waals surface area (Å²) < 4.78 is 18.2. The molecule has 0 spiro atoms. The van der Waals surface area contributed by atoms with Crippen molar-refractivity contribution in [2.75, 3.05) is 26.8 Å². The molecule has 0 fully saturated rings. The molecule has 1 aliphatic heterocycles. The van der Waals surface area contributed by atoms with Crippen molar-refractivity contribution in [2.45, 2.75) is 10.5 Å². The normalized spacial score (nSPS) is 15.3. The second-order valence-electron chi connectivity index (χ2n) is 5.46. The van der Waals surface area contributed by atoms with Gasteiger partial charge in [0.1, 0.15) is 5.37 Å². The van der Waals surface area contributed by atoms with Gasteiger partial charge in [0, 0.05) is 18.0 Å². The molecule has 1 N–H and O–H groups in total. The number of nitrogens with one attached hydrogen (secondary N) is 1. The summed E-state index contributed by atoms with van der Waals surface area (Å²) in [4.78, 5) is 4.04. The maximum atomic E-state index is 5.45. The fourth-order valence-corrected chi connectivity index (χ4v) is 3.77. The van der Waals surface area contributed by atoms with Gasteiger partial charge in [-0.3, -0.25) is 4.98 Å². The quantitative estimate of drug-likeness (QED) is 0.733. The topological polar surface area (TPSA) is 83.3 Å². The molecule has 26 heavy (non-hydrogen) atoms. The Morgan fingerprint density at radius 2 is 1.69 bits per heavy atom. The predicted octanol–water partition coefficient (Wildman–Crippen LogP) is 2.71. The van der Waals surface area contributed by atoms with Crippen molar-refractivity contribution in [1.29, 1.82) is 0 Å². The second-order valence-corrected chi connectivity index (χ2v) is 6.54. The molecule has 0 aliphatic carbocycles. The van der Waals surface area contributed by atoms with Crippen molar-refractivity contribution in [3.8, 4) is 28.6 Å². The van der Waals surface area contributed by atoms with Crippen LogP contribution in [0.3, 0.4) is 0 Å². The van der Waals surface area contributed by atoms with Crippen LogP contribution in [0.15, 0.2) is 41.8 Å². The number of methoxy groups -OCH3 is 3. The third-order valence-electron chi connectivity index (χ3n) is 4.03. The standard InChI is InChI=1S/C17H17N5O3S/c1-23-12-8-11(9-13(24-2)14(12)25-3)16-21-22-15(19-20-17(22)26-16)10-4-6-18-7-5-10/h4-9,16,21H,1-3H3. The minimum atomic E-state index is -0.0604. The Morgan fingerprint density at radius 1 is 1.00 bits per heavy atom. The molecule has 4 rings (SSSR count). The van der Waals surface area contributed by atoms with Crippen molar-refractivity contribution in [2.24, 2.45) is 0 Å². The van der Waals surface area contributed by atoms with Gasteiger partial charge in [-0.15, -0.1) is 10.2 Å². The van der Waals surface area contributed by atoms with Crippen molar-refractivity contribution in [3.05, 3.63) is 42.2 Å². The van der Waals surface area contributed by atoms with Crippen LogP contribution in [0, 0.1) is 0 Å². The van der Waals surface area contributed by atoms with Gasteiger partial charge >= 0.3 is 0 Å². The SMILES string of the molecule is COc1cc(C2Nn3c(nnc3-c3ccncc3)S2)cc(OC)c1OC. The molecular weight excluding hydrogens is 354 g/mol. The van der Waals surface area contributed by atoms with E-state index < -0.39 is 0 Å². The van der Waals surface area contributed by atoms with E-state index in [9.17, 15) is 0 Å². The molecule has 2 aromatic heterocycles. The van der Waals surface area contributed by atoms with Crippen LogP contribution in [-0.4, -0.2) is 41.2 Å². The first kappa shape index (κ1) is 16.5. The van der Waals surface area contributed by atoms with Gasteiger partial charge in [0.2, 0.25) is 10.9 Å². The first-order valence-corrected chi connectivity index (χ1v) is 8.72. The molecule has 8 nitrogen and oxygen atoms in total. The summed E-state index contributed by atoms with van der Waals surface area (Å²) >= 11 is 1.57. The van der Waals surface area contributed by atoms with Crippen molar-refractivity contribution < 1.29 is 14.2 Å². The number of benzene rings is 1. The maximum absolute atomic E-state index is 5.45. The highest BCUT2D eigenvalue weighted by Gasteiger charge is 2.29. The summed E-state index contributed by atoms with van der Waals surface area (Å²) in [5, 5.41) is 9.26. The van der Waals surface area contributed by atoms with Gasteiger partial charge in [0.15, 0.2) is 17.3 Å². The number of fused-ring (bicyclic) bond motifs is 1. The molecule has 1 aliphatic rings. The van der Waals surface area contributed by atoms with Crippen LogP contribution >= 0.6 is 11.8 Å². The Bertz CT molecular complexity index is 906. The summed E-state index contributed by atoms with van der Waals surface area (Å²) in [6.07, 6.45) is 3.46. The van der Waals surface area contributed by atoms with Gasteiger partial charge in [-0.2, -0.15) is 0 Å². The molecule has 0 amide bonds. The summed E-state index contributed by atoms with van der Waals surface area (Å²) in [5.41, 5.74) is 5.34. The minimum absolute atomic E-state index is 0.0604. The lowest BCUT2D eigenvalue weighted by molar-refractivity contribution is 0.324. The lowest BCUT2D eigenvalue weighted by atomic mass is 10.1. The molecule has 1 atom stereocenters. The van der Waals surface area contributed by atoms with E-state index in [0.29, 0.717) is 17.2 Å². The highest BCUT2D eigenvalue weighted by molar-refractivity contribution is 7.99. The Labute approximate surface area is 154 Å². The van der Waals surface area contributed by atoms with E-state index in [0.717, 1.165) is 22.1 Å². The third kappa shape index (κ3) is 2.70. The van der Waals surface area contributed by atoms with Crippen molar-refractivity contribution in [1.82, 2.24) is 19.9 Å². The van der Waals surface area contributed by atoms with Gasteiger partial charge in [0.25, 0.3) is 0 Å². The Morgan fingerprint density at radius 3 is 2.31 bits per heavy atom. The Kier molecular flexibility index (Phi) is 4.29. The van der Waals surface area contributed by atoms with Crippen LogP contribution in [-0.2, 0) is 0 Å². The lowest BCUT2D eigenvalue weighted by Gasteiger charge is -2.17. The largest absolute Gasteiger partial charge is 0.493 e. The number of aromatic nitrogens is 4. The molecule has 0 bridgehead atoms. The Hall–Kier alpha value is -2.94. The monoisotopic (exact) mass is 371 g/mol. The summed E-state index contributed by atoms with van der Waals surface area (Å²) in [6, 6.07) is 7.66. The third-order valence-corrected chi connectivity index (χ3v) is 5.12. The highest BCUT2D eigenvalue weighted by Crippen LogP contribution is 2.45. The highest BCUT2D eigenvalue weighted by atomic mass is 32.2. The molecule has 0 saturated carbocycles. The number of hydrogen-bond donors (Lipinski definition) is 1. The van der Waals surface area contributed by atoms with Gasteiger partial charge in [0.05, 0.1) is 21.3 Å². The average molecular weight is 371 g/mol. The number of nitrogens with zero attached hydrogens (tertiary/aromatic N) is 4. The fraction of sp³-hybridized carbons (Fsp3) is 0.235. The fourth-order valence-electron chi connectivity index (χ4n) is 2.79. The van der Waals surface area contributed by atoms with E-state index in [1.807, 2.05) is 28.9 Å². The number of thioether (sulfide) groups is 1. The van der Waals surface area contributed by atoms with E-state index in [1.165, 1.54) is 0 Å². The molecule has 1 unspecified atom stereocenters. The summed E-state index contributed by atoms with van der Waals surface area (Å²) in [7, 11) is 4.80. The first-order valence-electron chi connectivity index (χ1n) is 7.84. The van der Waals surface area contributed by atoms with Crippen LogP contribution in [0.4, 0.5) is 0 Å². The van der Waals surface area contributed by atoms with Crippen LogP contribution in [0.2, 0.25) is 0 Å². The Balaban J connectivity index is 1.68. The van der Waals surface area contributed by atoms with Crippen molar-refractivity contribution >= 4 is 11.8 Å². The van der Waals surface area contributed by atoms with E-state index in [4.69, 9.17) is 14.2 Å². The summed E-state index contributed by atoms with van der Waals surface area (Å²) in [5.74, 6) is 2.53. The van der Waals surface area contributed by atoms with Gasteiger partial charge < -0.3 is 19.6 Å². The molecular formula is C17H17N5O3S. The van der Waals surface area contributed by atoms with Gasteiger partial charge in [-0.05, 0) is 29.8 Å². The number of ether oxygens (including phenoxy) is 3. The smallest absolute Gasteiger partial charge is 0.212 e. The van der Waals surface area contributed by atoms with Crippen LogP contribution in [0.5, 0.6) is 17.2 Å². The molecule has 0 saturated heterocycles. The van der Waals surface area contributed by atoms with Gasteiger partial charge in [-0.1, -0.05) is 11.8 Å². The van der Waals surface area contributed by atoms with E-state index in [-0.39, 0.29) is 5.37 Å². The molecule has 9 heteroatoms. The molecule has 0 radical (unpaired) electrons. The maximum Gasteiger partial charge on any atom is 0.212 e. The zero-order valence-corrected chi connectivity index (χ0v) is 15.3. The molecule has 134 valence electrons. The molecule has 1 aromatic carbocycles. The molecule has 3 aromatic rings. The van der Waals surface area contributed by atoms with E-state index >= 15 is 0 Å². The predicted molar refractivity (Wildman–Crippen MR) is 97.3 cm³/mol.